The average molecular weight is 279 g/mol. The molecule has 92 valence electrons. The van der Waals surface area contributed by atoms with Crippen LogP contribution in [-0.4, -0.2) is 16.5 Å². The minimum atomic E-state index is -0.222. The second kappa shape index (κ2) is 4.99. The average Bonchev–Trinajstić information content (AvgIpc) is 2.97. The highest BCUT2D eigenvalue weighted by Crippen LogP contribution is 2.26. The zero-order valence-electron chi connectivity index (χ0n) is 9.39. The van der Waals surface area contributed by atoms with Gasteiger partial charge in [0.2, 0.25) is 0 Å². The van der Waals surface area contributed by atoms with Crippen molar-refractivity contribution >= 4 is 38.0 Å². The Morgan fingerprint density at radius 2 is 2.28 bits per heavy atom. The number of hydrogen-bond donors (Lipinski definition) is 1. The molecule has 3 aromatic rings. The van der Waals surface area contributed by atoms with E-state index in [0.29, 0.717) is 0 Å². The van der Waals surface area contributed by atoms with Gasteiger partial charge in [-0.1, -0.05) is 11.3 Å². The number of aromatic nitrogens is 2. The Morgan fingerprint density at radius 3 is 3.11 bits per heavy atom. The molecule has 3 nitrogen and oxygen atoms in total. The van der Waals surface area contributed by atoms with E-state index in [1.807, 2.05) is 5.38 Å². The summed E-state index contributed by atoms with van der Waals surface area (Å²) >= 11 is 3.12. The van der Waals surface area contributed by atoms with Gasteiger partial charge in [-0.3, -0.25) is 0 Å². The summed E-state index contributed by atoms with van der Waals surface area (Å²) in [6.07, 6.45) is 2.68. The molecule has 0 unspecified atom stereocenters. The van der Waals surface area contributed by atoms with Gasteiger partial charge in [0, 0.05) is 24.5 Å². The summed E-state index contributed by atoms with van der Waals surface area (Å²) in [7, 11) is 0. The van der Waals surface area contributed by atoms with Gasteiger partial charge in [0.25, 0.3) is 0 Å². The highest BCUT2D eigenvalue weighted by atomic mass is 32.1. The van der Waals surface area contributed by atoms with Gasteiger partial charge in [0.05, 0.1) is 15.2 Å². The Morgan fingerprint density at radius 1 is 1.33 bits per heavy atom. The van der Waals surface area contributed by atoms with E-state index in [1.54, 1.807) is 23.6 Å². The van der Waals surface area contributed by atoms with E-state index in [4.69, 9.17) is 0 Å². The molecule has 0 amide bonds. The Balaban J connectivity index is 1.67. The van der Waals surface area contributed by atoms with Crippen molar-refractivity contribution in [3.05, 3.63) is 40.6 Å². The van der Waals surface area contributed by atoms with Crippen LogP contribution in [0.5, 0.6) is 0 Å². The number of nitrogens with zero attached hydrogens (tertiary/aromatic N) is 2. The molecule has 0 atom stereocenters. The maximum absolute atomic E-state index is 13.0. The quantitative estimate of drug-likeness (QED) is 0.793. The van der Waals surface area contributed by atoms with Crippen molar-refractivity contribution in [1.29, 1.82) is 0 Å². The molecule has 18 heavy (non-hydrogen) atoms. The van der Waals surface area contributed by atoms with Crippen LogP contribution in [0, 0.1) is 5.82 Å². The van der Waals surface area contributed by atoms with E-state index in [0.717, 1.165) is 33.3 Å². The normalized spacial score (nSPS) is 10.9. The largest absolute Gasteiger partial charge is 0.361 e. The zero-order chi connectivity index (χ0) is 12.4. The molecule has 1 N–H and O–H groups in total. The van der Waals surface area contributed by atoms with E-state index in [1.165, 1.54) is 23.5 Å². The number of fused-ring (bicyclic) bond motifs is 1. The summed E-state index contributed by atoms with van der Waals surface area (Å²) in [6, 6.07) is 4.65. The lowest BCUT2D eigenvalue weighted by molar-refractivity contribution is 0.630. The van der Waals surface area contributed by atoms with E-state index in [-0.39, 0.29) is 5.82 Å². The topological polar surface area (TPSA) is 37.8 Å². The van der Waals surface area contributed by atoms with Crippen molar-refractivity contribution in [3.63, 3.8) is 0 Å². The van der Waals surface area contributed by atoms with Crippen LogP contribution in [-0.2, 0) is 6.42 Å². The summed E-state index contributed by atoms with van der Waals surface area (Å²) < 4.78 is 13.9. The zero-order valence-corrected chi connectivity index (χ0v) is 11.0. The molecule has 0 saturated heterocycles. The van der Waals surface area contributed by atoms with E-state index < -0.39 is 0 Å². The van der Waals surface area contributed by atoms with Crippen molar-refractivity contribution in [2.24, 2.45) is 0 Å². The summed E-state index contributed by atoms with van der Waals surface area (Å²) in [5.74, 6) is -0.222. The van der Waals surface area contributed by atoms with Crippen molar-refractivity contribution in [2.45, 2.75) is 6.42 Å². The third-order valence-corrected chi connectivity index (χ3v) is 4.26. The molecule has 0 bridgehead atoms. The lowest BCUT2D eigenvalue weighted by atomic mass is 10.3. The lowest BCUT2D eigenvalue weighted by Gasteiger charge is -1.98. The van der Waals surface area contributed by atoms with Gasteiger partial charge in [-0.2, -0.15) is 0 Å². The van der Waals surface area contributed by atoms with Crippen LogP contribution in [0.1, 0.15) is 5.01 Å². The smallest absolute Gasteiger partial charge is 0.183 e. The molecule has 1 aromatic carbocycles. The molecule has 0 aliphatic rings. The Bertz CT molecular complexity index is 648. The van der Waals surface area contributed by atoms with Crippen LogP contribution in [0.25, 0.3) is 10.2 Å². The molecule has 0 saturated carbocycles. The SMILES string of the molecule is Fc1ccc2nc(NCCc3nccs3)sc2c1. The molecule has 0 aliphatic carbocycles. The standard InChI is InChI=1S/C12H10FN3S2/c13-8-1-2-9-10(7-8)18-12(16-9)15-4-3-11-14-5-6-17-11/h1-2,5-7H,3-4H2,(H,15,16). The first-order valence-corrected chi connectivity index (χ1v) is 7.19. The first kappa shape index (κ1) is 11.6. The van der Waals surface area contributed by atoms with Crippen molar-refractivity contribution in [2.75, 3.05) is 11.9 Å². The van der Waals surface area contributed by atoms with Crippen LogP contribution in [0.4, 0.5) is 9.52 Å². The molecule has 2 heterocycles. The lowest BCUT2D eigenvalue weighted by Crippen LogP contribution is -2.03. The molecular formula is C12H10FN3S2. The van der Waals surface area contributed by atoms with Gasteiger partial charge in [-0.25, -0.2) is 14.4 Å². The number of thiazole rings is 2. The third kappa shape index (κ3) is 2.49. The predicted octanol–water partition coefficient (Wildman–Crippen LogP) is 3.55. The molecule has 0 fully saturated rings. The minimum Gasteiger partial charge on any atom is -0.361 e. The molecule has 3 rings (SSSR count). The Labute approximate surface area is 111 Å². The molecule has 0 spiro atoms. The van der Waals surface area contributed by atoms with Crippen LogP contribution < -0.4 is 5.32 Å². The first-order chi connectivity index (χ1) is 8.81. The van der Waals surface area contributed by atoms with Gasteiger partial charge >= 0.3 is 0 Å². The number of benzene rings is 1. The molecule has 6 heteroatoms. The van der Waals surface area contributed by atoms with Crippen molar-refractivity contribution in [3.8, 4) is 0 Å². The second-order valence-corrected chi connectivity index (χ2v) is 5.74. The number of halogens is 1. The fourth-order valence-corrected chi connectivity index (χ4v) is 3.16. The monoisotopic (exact) mass is 279 g/mol. The fraction of sp³-hybridized carbons (Fsp3) is 0.167. The number of hydrogen-bond acceptors (Lipinski definition) is 5. The summed E-state index contributed by atoms with van der Waals surface area (Å²) in [5.41, 5.74) is 0.832. The number of rotatable bonds is 4. The number of nitrogens with one attached hydrogen (secondary N) is 1. The van der Waals surface area contributed by atoms with Crippen LogP contribution in [0.2, 0.25) is 0 Å². The number of anilines is 1. The Kier molecular flexibility index (Phi) is 3.21. The van der Waals surface area contributed by atoms with Crippen LogP contribution in [0.3, 0.4) is 0 Å². The summed E-state index contributed by atoms with van der Waals surface area (Å²) in [4.78, 5) is 8.61. The van der Waals surface area contributed by atoms with Crippen LogP contribution in [0.15, 0.2) is 29.8 Å². The Hall–Kier alpha value is -1.53. The summed E-state index contributed by atoms with van der Waals surface area (Å²) in [6.45, 7) is 0.788. The fourth-order valence-electron chi connectivity index (χ4n) is 1.63. The van der Waals surface area contributed by atoms with Crippen molar-refractivity contribution < 1.29 is 4.39 Å². The minimum absolute atomic E-state index is 0.222. The molecule has 0 radical (unpaired) electrons. The first-order valence-electron chi connectivity index (χ1n) is 5.49. The van der Waals surface area contributed by atoms with Gasteiger partial charge in [-0.15, -0.1) is 11.3 Å². The maximum atomic E-state index is 13.0. The van der Waals surface area contributed by atoms with Gasteiger partial charge < -0.3 is 5.32 Å². The van der Waals surface area contributed by atoms with Gasteiger partial charge in [-0.05, 0) is 18.2 Å². The molecule has 2 aromatic heterocycles. The van der Waals surface area contributed by atoms with Gasteiger partial charge in [0.15, 0.2) is 5.13 Å². The second-order valence-electron chi connectivity index (χ2n) is 3.73. The van der Waals surface area contributed by atoms with E-state index >= 15 is 0 Å². The molecule has 0 aliphatic heterocycles. The third-order valence-electron chi connectivity index (χ3n) is 2.45. The highest BCUT2D eigenvalue weighted by Gasteiger charge is 2.04. The highest BCUT2D eigenvalue weighted by molar-refractivity contribution is 7.22. The maximum Gasteiger partial charge on any atom is 0.183 e. The summed E-state index contributed by atoms with van der Waals surface area (Å²) in [5, 5.41) is 7.14. The van der Waals surface area contributed by atoms with Gasteiger partial charge in [0.1, 0.15) is 5.82 Å². The van der Waals surface area contributed by atoms with E-state index in [9.17, 15) is 4.39 Å². The molecular weight excluding hydrogens is 269 g/mol. The van der Waals surface area contributed by atoms with Crippen molar-refractivity contribution in [1.82, 2.24) is 9.97 Å². The predicted molar refractivity (Wildman–Crippen MR) is 73.9 cm³/mol. The van der Waals surface area contributed by atoms with Crippen LogP contribution >= 0.6 is 22.7 Å². The van der Waals surface area contributed by atoms with E-state index in [2.05, 4.69) is 15.3 Å².